The number of aryl methyl sites for hydroxylation is 1. The third-order valence-electron chi connectivity index (χ3n) is 6.00. The van der Waals surface area contributed by atoms with Crippen molar-refractivity contribution in [2.45, 2.75) is 75.5 Å². The van der Waals surface area contributed by atoms with Crippen molar-refractivity contribution in [3.63, 3.8) is 0 Å². The standard InChI is InChI=1S/C20H27N3O5S/c1-12-10-15-17(28-13(2)19(24)22-15)11-18(12)29(26,27)23-9-5-8-16(23)20(25)21-14-6-3-4-7-14/h10-11,13-14,16H,3-9H2,1-2H3,(H,21,25)(H,22,24)/t13-,16+/m1/s1. The molecule has 0 bridgehead atoms. The molecule has 29 heavy (non-hydrogen) atoms. The van der Waals surface area contributed by atoms with E-state index in [9.17, 15) is 18.0 Å². The molecule has 1 aromatic carbocycles. The first-order valence-electron chi connectivity index (χ1n) is 10.2. The van der Waals surface area contributed by atoms with E-state index in [0.717, 1.165) is 25.7 Å². The molecule has 2 N–H and O–H groups in total. The molecule has 8 nitrogen and oxygen atoms in total. The molecule has 1 aromatic rings. The van der Waals surface area contributed by atoms with E-state index in [1.165, 1.54) is 10.4 Å². The van der Waals surface area contributed by atoms with Gasteiger partial charge >= 0.3 is 0 Å². The molecule has 0 spiro atoms. The fourth-order valence-corrected chi connectivity index (χ4v) is 6.28. The molecule has 0 unspecified atom stereocenters. The molecule has 0 radical (unpaired) electrons. The molecule has 1 saturated carbocycles. The van der Waals surface area contributed by atoms with Crippen LogP contribution >= 0.6 is 0 Å². The molecule has 1 aliphatic carbocycles. The molecule has 0 aromatic heterocycles. The summed E-state index contributed by atoms with van der Waals surface area (Å²) in [4.78, 5) is 24.7. The Morgan fingerprint density at radius 3 is 2.66 bits per heavy atom. The zero-order chi connectivity index (χ0) is 20.8. The third-order valence-corrected chi connectivity index (χ3v) is 8.05. The number of hydrogen-bond donors (Lipinski definition) is 2. The van der Waals surface area contributed by atoms with Crippen LogP contribution in [-0.2, 0) is 19.6 Å². The van der Waals surface area contributed by atoms with Crippen molar-refractivity contribution in [3.8, 4) is 5.75 Å². The van der Waals surface area contributed by atoms with Crippen LogP contribution in [0.2, 0.25) is 0 Å². The average molecular weight is 422 g/mol. The molecule has 2 fully saturated rings. The first kappa shape index (κ1) is 20.2. The maximum absolute atomic E-state index is 13.4. The zero-order valence-electron chi connectivity index (χ0n) is 16.7. The molecule has 158 valence electrons. The molecular weight excluding hydrogens is 394 g/mol. The Hall–Kier alpha value is -2.13. The van der Waals surface area contributed by atoms with Gasteiger partial charge in [-0.25, -0.2) is 8.42 Å². The Morgan fingerprint density at radius 1 is 1.21 bits per heavy atom. The molecule has 9 heteroatoms. The second-order valence-corrected chi connectivity index (χ2v) is 9.99. The first-order valence-corrected chi connectivity index (χ1v) is 11.7. The topological polar surface area (TPSA) is 105 Å². The number of carbonyl (C=O) groups is 2. The van der Waals surface area contributed by atoms with Crippen molar-refractivity contribution < 1.29 is 22.7 Å². The van der Waals surface area contributed by atoms with Gasteiger partial charge in [-0.15, -0.1) is 0 Å². The van der Waals surface area contributed by atoms with Crippen LogP contribution in [0.3, 0.4) is 0 Å². The van der Waals surface area contributed by atoms with Gasteiger partial charge in [0.1, 0.15) is 11.8 Å². The summed E-state index contributed by atoms with van der Waals surface area (Å²) in [6, 6.07) is 2.53. The number of nitrogens with one attached hydrogen (secondary N) is 2. The Bertz CT molecular complexity index is 940. The van der Waals surface area contributed by atoms with Gasteiger partial charge in [-0.1, -0.05) is 12.8 Å². The lowest BCUT2D eigenvalue weighted by atomic mass is 10.1. The van der Waals surface area contributed by atoms with Crippen LogP contribution in [0.15, 0.2) is 17.0 Å². The lowest BCUT2D eigenvalue weighted by Crippen LogP contribution is -2.48. The summed E-state index contributed by atoms with van der Waals surface area (Å²) in [7, 11) is -3.88. The largest absolute Gasteiger partial charge is 0.479 e. The summed E-state index contributed by atoms with van der Waals surface area (Å²) in [6.45, 7) is 3.60. The second kappa shape index (κ2) is 7.60. The predicted octanol–water partition coefficient (Wildman–Crippen LogP) is 1.93. The Kier molecular flexibility index (Phi) is 5.29. The number of carbonyl (C=O) groups excluding carboxylic acids is 2. The number of nitrogens with zero attached hydrogens (tertiary/aromatic N) is 1. The van der Waals surface area contributed by atoms with Gasteiger partial charge in [-0.3, -0.25) is 9.59 Å². The highest BCUT2D eigenvalue weighted by Crippen LogP contribution is 2.37. The summed E-state index contributed by atoms with van der Waals surface area (Å²) < 4.78 is 33.8. The van der Waals surface area contributed by atoms with Crippen LogP contribution in [0.5, 0.6) is 5.75 Å². The predicted molar refractivity (Wildman–Crippen MR) is 107 cm³/mol. The van der Waals surface area contributed by atoms with Crippen molar-refractivity contribution in [1.29, 1.82) is 0 Å². The van der Waals surface area contributed by atoms with E-state index in [0.29, 0.717) is 36.4 Å². The summed E-state index contributed by atoms with van der Waals surface area (Å²) >= 11 is 0. The lowest BCUT2D eigenvalue weighted by molar-refractivity contribution is -0.125. The highest BCUT2D eigenvalue weighted by atomic mass is 32.2. The number of anilines is 1. The van der Waals surface area contributed by atoms with Crippen molar-refractivity contribution in [1.82, 2.24) is 9.62 Å². The van der Waals surface area contributed by atoms with Crippen molar-refractivity contribution in [2.24, 2.45) is 0 Å². The van der Waals surface area contributed by atoms with Crippen LogP contribution < -0.4 is 15.4 Å². The number of amides is 2. The molecular formula is C20H27N3O5S. The number of rotatable bonds is 4. The van der Waals surface area contributed by atoms with E-state index in [1.54, 1.807) is 19.9 Å². The van der Waals surface area contributed by atoms with Crippen molar-refractivity contribution >= 4 is 27.5 Å². The molecule has 4 rings (SSSR count). The van der Waals surface area contributed by atoms with Crippen LogP contribution in [0.25, 0.3) is 0 Å². The summed E-state index contributed by atoms with van der Waals surface area (Å²) in [5.74, 6) is -0.145. The second-order valence-electron chi connectivity index (χ2n) is 8.13. The van der Waals surface area contributed by atoms with E-state index in [2.05, 4.69) is 10.6 Å². The minimum absolute atomic E-state index is 0.111. The minimum Gasteiger partial charge on any atom is -0.479 e. The number of sulfonamides is 1. The van der Waals surface area contributed by atoms with Crippen LogP contribution in [0.1, 0.15) is 51.0 Å². The Morgan fingerprint density at radius 2 is 1.93 bits per heavy atom. The van der Waals surface area contributed by atoms with Gasteiger partial charge < -0.3 is 15.4 Å². The van der Waals surface area contributed by atoms with Gasteiger partial charge in [0.05, 0.1) is 10.6 Å². The maximum Gasteiger partial charge on any atom is 0.265 e. The van der Waals surface area contributed by atoms with Gasteiger partial charge in [-0.2, -0.15) is 4.31 Å². The first-order chi connectivity index (χ1) is 13.8. The normalized spacial score (nSPS) is 25.4. The van der Waals surface area contributed by atoms with Crippen molar-refractivity contribution in [2.75, 3.05) is 11.9 Å². The SMILES string of the molecule is Cc1cc2c(cc1S(=O)(=O)N1CCC[C@H]1C(=O)NC1CCCC1)O[C@H](C)C(=O)N2. The maximum atomic E-state index is 13.4. The number of ether oxygens (including phenoxy) is 1. The molecule has 1 saturated heterocycles. The van der Waals surface area contributed by atoms with Crippen LogP contribution in [0, 0.1) is 6.92 Å². The molecule has 2 aliphatic heterocycles. The van der Waals surface area contributed by atoms with E-state index >= 15 is 0 Å². The Labute approximate surface area is 171 Å². The molecule has 2 heterocycles. The monoisotopic (exact) mass is 421 g/mol. The van der Waals surface area contributed by atoms with Gasteiger partial charge in [0, 0.05) is 18.7 Å². The summed E-state index contributed by atoms with van der Waals surface area (Å²) in [6.07, 6.45) is 4.58. The number of benzene rings is 1. The van der Waals surface area contributed by atoms with E-state index < -0.39 is 22.2 Å². The number of fused-ring (bicyclic) bond motifs is 1. The fourth-order valence-electron chi connectivity index (χ4n) is 4.40. The van der Waals surface area contributed by atoms with Crippen LogP contribution in [-0.4, -0.2) is 49.3 Å². The van der Waals surface area contributed by atoms with E-state index in [4.69, 9.17) is 4.74 Å². The van der Waals surface area contributed by atoms with Gasteiger partial charge in [0.2, 0.25) is 15.9 Å². The quantitative estimate of drug-likeness (QED) is 0.773. The molecule has 2 amide bonds. The molecule has 3 aliphatic rings. The smallest absolute Gasteiger partial charge is 0.265 e. The average Bonchev–Trinajstić information content (AvgIpc) is 3.34. The fraction of sp³-hybridized carbons (Fsp3) is 0.600. The Balaban J connectivity index is 1.61. The minimum atomic E-state index is -3.88. The highest BCUT2D eigenvalue weighted by Gasteiger charge is 2.41. The van der Waals surface area contributed by atoms with E-state index in [-0.39, 0.29) is 22.8 Å². The summed E-state index contributed by atoms with van der Waals surface area (Å²) in [5.41, 5.74) is 0.963. The number of hydrogen-bond acceptors (Lipinski definition) is 5. The van der Waals surface area contributed by atoms with Crippen LogP contribution in [0.4, 0.5) is 5.69 Å². The van der Waals surface area contributed by atoms with Crippen molar-refractivity contribution in [3.05, 3.63) is 17.7 Å². The van der Waals surface area contributed by atoms with Gasteiger partial charge in [-0.05, 0) is 51.2 Å². The highest BCUT2D eigenvalue weighted by molar-refractivity contribution is 7.89. The lowest BCUT2D eigenvalue weighted by Gasteiger charge is -2.28. The summed E-state index contributed by atoms with van der Waals surface area (Å²) in [5, 5.41) is 5.76. The van der Waals surface area contributed by atoms with E-state index in [1.807, 2.05) is 0 Å². The van der Waals surface area contributed by atoms with Gasteiger partial charge in [0.15, 0.2) is 6.10 Å². The zero-order valence-corrected chi connectivity index (χ0v) is 17.5. The van der Waals surface area contributed by atoms with Gasteiger partial charge in [0.25, 0.3) is 5.91 Å². The molecule has 2 atom stereocenters. The third kappa shape index (κ3) is 3.73.